The summed E-state index contributed by atoms with van der Waals surface area (Å²) in [5.41, 5.74) is 3.38. The Kier molecular flexibility index (Phi) is 4.18. The molecule has 0 amide bonds. The number of nitrogens with zero attached hydrogens (tertiary/aromatic N) is 6. The highest BCUT2D eigenvalue weighted by Crippen LogP contribution is 2.21. The molecule has 1 aliphatic heterocycles. The number of aryl methyl sites for hydroxylation is 3. The molecule has 7 heteroatoms. The summed E-state index contributed by atoms with van der Waals surface area (Å²) in [5, 5.41) is 13.1. The first-order valence-corrected chi connectivity index (χ1v) is 8.85. The first kappa shape index (κ1) is 15.5. The highest BCUT2D eigenvalue weighted by Gasteiger charge is 2.22. The van der Waals surface area contributed by atoms with Crippen molar-refractivity contribution in [2.45, 2.75) is 45.2 Å². The van der Waals surface area contributed by atoms with Gasteiger partial charge in [0, 0.05) is 26.2 Å². The van der Waals surface area contributed by atoms with Gasteiger partial charge in [-0.3, -0.25) is 9.69 Å². The average molecular weight is 328 g/mol. The van der Waals surface area contributed by atoms with Crippen molar-refractivity contribution in [1.29, 1.82) is 0 Å². The van der Waals surface area contributed by atoms with Gasteiger partial charge in [0.15, 0.2) is 0 Å². The van der Waals surface area contributed by atoms with Crippen LogP contribution in [0.4, 0.5) is 0 Å². The summed E-state index contributed by atoms with van der Waals surface area (Å²) < 4.78 is 1.70. The summed E-state index contributed by atoms with van der Waals surface area (Å²) >= 11 is 0. The number of piperidine rings is 1. The van der Waals surface area contributed by atoms with Gasteiger partial charge >= 0.3 is 0 Å². The molecule has 2 aromatic rings. The zero-order valence-electron chi connectivity index (χ0n) is 14.2. The molecule has 3 heterocycles. The van der Waals surface area contributed by atoms with E-state index >= 15 is 0 Å². The van der Waals surface area contributed by atoms with E-state index in [9.17, 15) is 4.79 Å². The van der Waals surface area contributed by atoms with Gasteiger partial charge in [-0.2, -0.15) is 20.1 Å². The standard InChI is InChI=1S/C17H24N6O/c1-21-18-10-15(19-21)12-22-7-5-13(6-8-22)11-23-17(24)9-14-3-2-4-16(14)20-23/h9-10,13H,2-8,11-12H2,1H3. The Hall–Kier alpha value is -2.02. The Balaban J connectivity index is 1.34. The fourth-order valence-electron chi connectivity index (χ4n) is 3.83. The Morgan fingerprint density at radius 1 is 1.21 bits per heavy atom. The Morgan fingerprint density at radius 3 is 2.79 bits per heavy atom. The second-order valence-electron chi connectivity index (χ2n) is 7.04. The van der Waals surface area contributed by atoms with Crippen molar-refractivity contribution in [1.82, 2.24) is 29.7 Å². The number of fused-ring (bicyclic) bond motifs is 1. The number of hydrogen-bond donors (Lipinski definition) is 0. The van der Waals surface area contributed by atoms with Gasteiger partial charge in [-0.05, 0) is 56.7 Å². The van der Waals surface area contributed by atoms with E-state index in [2.05, 4.69) is 20.2 Å². The van der Waals surface area contributed by atoms with E-state index < -0.39 is 0 Å². The van der Waals surface area contributed by atoms with E-state index in [0.29, 0.717) is 5.92 Å². The van der Waals surface area contributed by atoms with Crippen molar-refractivity contribution in [2.24, 2.45) is 13.0 Å². The van der Waals surface area contributed by atoms with Gasteiger partial charge in [0.2, 0.25) is 0 Å². The number of hydrogen-bond acceptors (Lipinski definition) is 5. The van der Waals surface area contributed by atoms with Crippen LogP contribution in [0.25, 0.3) is 0 Å². The van der Waals surface area contributed by atoms with Crippen LogP contribution in [0.3, 0.4) is 0 Å². The van der Waals surface area contributed by atoms with Crippen LogP contribution in [0, 0.1) is 5.92 Å². The van der Waals surface area contributed by atoms with E-state index in [1.807, 2.05) is 13.2 Å². The second-order valence-corrected chi connectivity index (χ2v) is 7.04. The zero-order chi connectivity index (χ0) is 16.5. The maximum Gasteiger partial charge on any atom is 0.267 e. The molecular formula is C17H24N6O. The lowest BCUT2D eigenvalue weighted by Gasteiger charge is -2.31. The van der Waals surface area contributed by atoms with Crippen LogP contribution in [0.5, 0.6) is 0 Å². The molecule has 4 rings (SSSR count). The minimum atomic E-state index is 0.0673. The van der Waals surface area contributed by atoms with Crippen molar-refractivity contribution in [3.8, 4) is 0 Å². The van der Waals surface area contributed by atoms with Gasteiger partial charge in [-0.15, -0.1) is 0 Å². The highest BCUT2D eigenvalue weighted by molar-refractivity contribution is 5.22. The van der Waals surface area contributed by atoms with Crippen LogP contribution in [-0.2, 0) is 33.0 Å². The molecule has 24 heavy (non-hydrogen) atoms. The molecule has 0 spiro atoms. The minimum Gasteiger partial charge on any atom is -0.297 e. The molecule has 0 unspecified atom stereocenters. The van der Waals surface area contributed by atoms with Gasteiger partial charge < -0.3 is 0 Å². The fraction of sp³-hybridized carbons (Fsp3) is 0.647. The molecule has 0 radical (unpaired) electrons. The summed E-state index contributed by atoms with van der Waals surface area (Å²) in [4.78, 5) is 16.3. The average Bonchev–Trinajstić information content (AvgIpc) is 3.18. The van der Waals surface area contributed by atoms with Gasteiger partial charge in [-0.1, -0.05) is 0 Å². The van der Waals surface area contributed by atoms with Crippen LogP contribution < -0.4 is 5.56 Å². The van der Waals surface area contributed by atoms with Gasteiger partial charge in [0.05, 0.1) is 17.6 Å². The number of rotatable bonds is 4. The van der Waals surface area contributed by atoms with Crippen LogP contribution >= 0.6 is 0 Å². The van der Waals surface area contributed by atoms with Crippen molar-refractivity contribution in [3.63, 3.8) is 0 Å². The molecule has 2 aromatic heterocycles. The number of likely N-dealkylation sites (tertiary alicyclic amines) is 1. The fourth-order valence-corrected chi connectivity index (χ4v) is 3.83. The molecule has 0 saturated carbocycles. The first-order chi connectivity index (χ1) is 11.7. The van der Waals surface area contributed by atoms with Crippen LogP contribution in [0.2, 0.25) is 0 Å². The second kappa shape index (κ2) is 6.47. The largest absolute Gasteiger partial charge is 0.297 e. The summed E-state index contributed by atoms with van der Waals surface area (Å²) in [6.45, 7) is 3.70. The minimum absolute atomic E-state index is 0.0673. The molecule has 1 fully saturated rings. The van der Waals surface area contributed by atoms with Crippen molar-refractivity contribution < 1.29 is 0 Å². The van der Waals surface area contributed by atoms with E-state index in [1.165, 1.54) is 0 Å². The van der Waals surface area contributed by atoms with E-state index in [4.69, 9.17) is 0 Å². The summed E-state index contributed by atoms with van der Waals surface area (Å²) in [6, 6.07) is 1.80. The molecule has 0 bridgehead atoms. The Morgan fingerprint density at radius 2 is 2.04 bits per heavy atom. The molecule has 0 aromatic carbocycles. The SMILES string of the molecule is Cn1ncc(CN2CCC(Cn3nc4c(cc3=O)CCC4)CC2)n1. The molecule has 2 aliphatic rings. The molecule has 7 nitrogen and oxygen atoms in total. The number of aromatic nitrogens is 5. The normalized spacial score (nSPS) is 18.9. The van der Waals surface area contributed by atoms with Gasteiger partial charge in [0.25, 0.3) is 5.56 Å². The Bertz CT molecular complexity index is 772. The zero-order valence-corrected chi connectivity index (χ0v) is 14.2. The predicted molar refractivity (Wildman–Crippen MR) is 89.5 cm³/mol. The summed E-state index contributed by atoms with van der Waals surface area (Å²) in [6.07, 6.45) is 7.20. The monoisotopic (exact) mass is 328 g/mol. The molecule has 128 valence electrons. The van der Waals surface area contributed by atoms with Crippen molar-refractivity contribution in [3.05, 3.63) is 39.6 Å². The quantitative estimate of drug-likeness (QED) is 0.829. The molecular weight excluding hydrogens is 304 g/mol. The third-order valence-electron chi connectivity index (χ3n) is 5.19. The third-order valence-corrected chi connectivity index (χ3v) is 5.19. The maximum absolute atomic E-state index is 12.2. The molecule has 0 N–H and O–H groups in total. The van der Waals surface area contributed by atoms with Crippen molar-refractivity contribution in [2.75, 3.05) is 13.1 Å². The predicted octanol–water partition coefficient (Wildman–Crippen LogP) is 0.773. The third kappa shape index (κ3) is 3.26. The molecule has 0 atom stereocenters. The van der Waals surface area contributed by atoms with E-state index in [-0.39, 0.29) is 5.56 Å². The first-order valence-electron chi connectivity index (χ1n) is 8.85. The van der Waals surface area contributed by atoms with Gasteiger partial charge in [-0.25, -0.2) is 4.68 Å². The lowest BCUT2D eigenvalue weighted by Crippen LogP contribution is -2.36. The van der Waals surface area contributed by atoms with Crippen LogP contribution in [0.1, 0.15) is 36.2 Å². The highest BCUT2D eigenvalue weighted by atomic mass is 16.1. The lowest BCUT2D eigenvalue weighted by atomic mass is 9.96. The Labute approximate surface area is 141 Å². The van der Waals surface area contributed by atoms with Crippen LogP contribution in [-0.4, -0.2) is 42.8 Å². The smallest absolute Gasteiger partial charge is 0.267 e. The summed E-state index contributed by atoms with van der Waals surface area (Å²) in [7, 11) is 1.84. The van der Waals surface area contributed by atoms with Gasteiger partial charge in [0.1, 0.15) is 0 Å². The van der Waals surface area contributed by atoms with E-state index in [0.717, 1.165) is 75.2 Å². The summed E-state index contributed by atoms with van der Waals surface area (Å²) in [5.74, 6) is 0.535. The molecule has 1 saturated heterocycles. The molecule has 1 aliphatic carbocycles. The maximum atomic E-state index is 12.2. The van der Waals surface area contributed by atoms with Crippen molar-refractivity contribution >= 4 is 0 Å². The topological polar surface area (TPSA) is 68.8 Å². The van der Waals surface area contributed by atoms with E-state index in [1.54, 1.807) is 15.5 Å². The lowest BCUT2D eigenvalue weighted by molar-refractivity contribution is 0.161. The van der Waals surface area contributed by atoms with Crippen LogP contribution in [0.15, 0.2) is 17.1 Å².